The number of nitrogens with zero attached hydrogens (tertiary/aromatic N) is 3. The van der Waals surface area contributed by atoms with Gasteiger partial charge in [0.05, 0.1) is 39.1 Å². The first-order valence-electron chi connectivity index (χ1n) is 13.0. The molecule has 1 unspecified atom stereocenters. The van der Waals surface area contributed by atoms with Crippen molar-refractivity contribution in [3.63, 3.8) is 0 Å². The van der Waals surface area contributed by atoms with Gasteiger partial charge in [0.2, 0.25) is 11.8 Å². The molecule has 36 heavy (non-hydrogen) atoms. The van der Waals surface area contributed by atoms with Crippen LogP contribution in [0.5, 0.6) is 5.88 Å². The van der Waals surface area contributed by atoms with Gasteiger partial charge < -0.3 is 29.2 Å². The lowest BCUT2D eigenvalue weighted by atomic mass is 9.87. The Hall–Kier alpha value is -2.91. The molecule has 3 fully saturated rings. The molecule has 2 aliphatic heterocycles. The van der Waals surface area contributed by atoms with Crippen molar-refractivity contribution < 1.29 is 23.7 Å². The Labute approximate surface area is 212 Å². The van der Waals surface area contributed by atoms with Crippen molar-refractivity contribution in [1.29, 1.82) is 0 Å². The number of hydrogen-bond acceptors (Lipinski definition) is 9. The largest absolute Gasteiger partial charge is 0.471 e. The van der Waals surface area contributed by atoms with Gasteiger partial charge >= 0.3 is 5.97 Å². The van der Waals surface area contributed by atoms with Crippen molar-refractivity contribution in [3.8, 4) is 17.0 Å². The van der Waals surface area contributed by atoms with Gasteiger partial charge in [0.25, 0.3) is 0 Å². The van der Waals surface area contributed by atoms with E-state index in [9.17, 15) is 4.79 Å². The van der Waals surface area contributed by atoms with Crippen molar-refractivity contribution in [3.05, 3.63) is 30.0 Å². The van der Waals surface area contributed by atoms with Crippen LogP contribution in [0.1, 0.15) is 49.5 Å². The molecule has 1 N–H and O–H groups in total. The van der Waals surface area contributed by atoms with Crippen LogP contribution in [0, 0.1) is 5.92 Å². The Balaban J connectivity index is 1.50. The molecule has 0 bridgehead atoms. The number of esters is 1. The van der Waals surface area contributed by atoms with E-state index < -0.39 is 5.97 Å². The molecule has 9 nitrogen and oxygen atoms in total. The summed E-state index contributed by atoms with van der Waals surface area (Å²) < 4.78 is 22.5. The second-order valence-electron chi connectivity index (χ2n) is 9.92. The van der Waals surface area contributed by atoms with Crippen LogP contribution in [0.2, 0.25) is 0 Å². The molecule has 1 atom stereocenters. The van der Waals surface area contributed by atoms with Gasteiger partial charge in [0.1, 0.15) is 6.10 Å². The van der Waals surface area contributed by atoms with Gasteiger partial charge in [0.15, 0.2) is 5.69 Å². The van der Waals surface area contributed by atoms with Crippen molar-refractivity contribution in [1.82, 2.24) is 9.97 Å². The van der Waals surface area contributed by atoms with E-state index in [1.165, 1.54) is 7.11 Å². The Kier molecular flexibility index (Phi) is 7.87. The highest BCUT2D eigenvalue weighted by molar-refractivity contribution is 5.97. The number of hydrogen-bond donors (Lipinski definition) is 1. The first-order valence-corrected chi connectivity index (χ1v) is 13.0. The molecule has 1 aliphatic carbocycles. The number of rotatable bonds is 7. The van der Waals surface area contributed by atoms with Crippen LogP contribution in [-0.2, 0) is 14.2 Å². The van der Waals surface area contributed by atoms with E-state index in [1.54, 1.807) is 0 Å². The highest BCUT2D eigenvalue weighted by Crippen LogP contribution is 2.36. The molecule has 2 saturated heterocycles. The van der Waals surface area contributed by atoms with E-state index in [4.69, 9.17) is 23.9 Å². The van der Waals surface area contributed by atoms with Gasteiger partial charge in [0, 0.05) is 31.2 Å². The molecule has 194 valence electrons. The van der Waals surface area contributed by atoms with Gasteiger partial charge in [-0.3, -0.25) is 0 Å². The second-order valence-corrected chi connectivity index (χ2v) is 9.92. The lowest BCUT2D eigenvalue weighted by molar-refractivity contribution is 0.0593. The van der Waals surface area contributed by atoms with Crippen molar-refractivity contribution in [2.75, 3.05) is 56.8 Å². The minimum Gasteiger partial charge on any atom is -0.471 e. The molecule has 1 aromatic carbocycles. The molecular formula is C27H36N4O5. The summed E-state index contributed by atoms with van der Waals surface area (Å²) in [6, 6.07) is 8.36. The predicted molar refractivity (Wildman–Crippen MR) is 137 cm³/mol. The van der Waals surface area contributed by atoms with Crippen LogP contribution in [0.25, 0.3) is 11.1 Å². The van der Waals surface area contributed by atoms with Crippen LogP contribution in [0.4, 0.5) is 11.6 Å². The zero-order valence-electron chi connectivity index (χ0n) is 21.2. The van der Waals surface area contributed by atoms with Gasteiger partial charge in [-0.25, -0.2) is 9.78 Å². The van der Waals surface area contributed by atoms with Crippen LogP contribution in [0.3, 0.4) is 0 Å². The quantitative estimate of drug-likeness (QED) is 0.572. The number of benzene rings is 1. The van der Waals surface area contributed by atoms with Gasteiger partial charge in [-0.05, 0) is 49.3 Å². The Bertz CT molecular complexity index is 1030. The maximum atomic E-state index is 13.0. The van der Waals surface area contributed by atoms with E-state index in [1.807, 2.05) is 12.1 Å². The zero-order valence-corrected chi connectivity index (χ0v) is 21.2. The van der Waals surface area contributed by atoms with E-state index in [0.29, 0.717) is 30.6 Å². The third-order valence-electron chi connectivity index (χ3n) is 7.30. The molecular weight excluding hydrogens is 460 g/mol. The SMILES string of the molecule is COC(=O)c1nc(NC2CCC(C)CC2)nc(OC2CCOC2)c1-c1ccc(N2CCOCC2)cc1. The van der Waals surface area contributed by atoms with Gasteiger partial charge in [-0.15, -0.1) is 0 Å². The standard InChI is InChI=1S/C27H36N4O5/c1-18-3-7-20(8-4-18)28-27-29-24(26(32)33-2)23(25(30-27)36-22-11-14-35-17-22)19-5-9-21(10-6-19)31-12-15-34-16-13-31/h5-6,9-10,18,20,22H,3-4,7-8,11-17H2,1-2H3,(H,28,29,30). The topological polar surface area (TPSA) is 95.0 Å². The number of aromatic nitrogens is 2. The fourth-order valence-electron chi connectivity index (χ4n) is 5.11. The number of carbonyl (C=O) groups excluding carboxylic acids is 1. The maximum absolute atomic E-state index is 13.0. The molecule has 2 aromatic rings. The van der Waals surface area contributed by atoms with Crippen LogP contribution in [0.15, 0.2) is 24.3 Å². The lowest BCUT2D eigenvalue weighted by Crippen LogP contribution is -2.36. The Morgan fingerprint density at radius 3 is 2.42 bits per heavy atom. The van der Waals surface area contributed by atoms with E-state index in [0.717, 1.165) is 75.6 Å². The van der Waals surface area contributed by atoms with Crippen LogP contribution in [-0.4, -0.2) is 74.7 Å². The number of anilines is 2. The first-order chi connectivity index (χ1) is 17.6. The third-order valence-corrected chi connectivity index (χ3v) is 7.30. The molecule has 0 amide bonds. The smallest absolute Gasteiger partial charge is 0.357 e. The van der Waals surface area contributed by atoms with E-state index in [2.05, 4.69) is 34.3 Å². The fourth-order valence-corrected chi connectivity index (χ4v) is 5.11. The summed E-state index contributed by atoms with van der Waals surface area (Å²) in [5.74, 6) is 1.00. The van der Waals surface area contributed by atoms with Crippen molar-refractivity contribution in [2.45, 2.75) is 51.2 Å². The number of ether oxygens (including phenoxy) is 4. The lowest BCUT2D eigenvalue weighted by Gasteiger charge is -2.29. The minimum absolute atomic E-state index is 0.125. The average Bonchev–Trinajstić information content (AvgIpc) is 3.43. The average molecular weight is 497 g/mol. The van der Waals surface area contributed by atoms with Gasteiger partial charge in [-0.1, -0.05) is 19.1 Å². The number of morpholine rings is 1. The first kappa shape index (κ1) is 24.8. The summed E-state index contributed by atoms with van der Waals surface area (Å²) >= 11 is 0. The van der Waals surface area contributed by atoms with Crippen molar-refractivity contribution in [2.24, 2.45) is 5.92 Å². The molecule has 1 saturated carbocycles. The zero-order chi connectivity index (χ0) is 24.9. The highest BCUT2D eigenvalue weighted by atomic mass is 16.6. The van der Waals surface area contributed by atoms with E-state index in [-0.39, 0.29) is 17.8 Å². The van der Waals surface area contributed by atoms with Crippen molar-refractivity contribution >= 4 is 17.6 Å². The maximum Gasteiger partial charge on any atom is 0.357 e. The number of nitrogens with one attached hydrogen (secondary N) is 1. The van der Waals surface area contributed by atoms with Crippen LogP contribution < -0.4 is 15.0 Å². The second kappa shape index (κ2) is 11.4. The van der Waals surface area contributed by atoms with Gasteiger partial charge in [-0.2, -0.15) is 4.98 Å². The molecule has 3 heterocycles. The fraction of sp³-hybridized carbons (Fsp3) is 0.593. The Morgan fingerprint density at radius 2 is 1.75 bits per heavy atom. The molecule has 3 aliphatic rings. The summed E-state index contributed by atoms with van der Waals surface area (Å²) in [5, 5.41) is 3.46. The molecule has 9 heteroatoms. The molecule has 1 aromatic heterocycles. The summed E-state index contributed by atoms with van der Waals surface area (Å²) in [5.41, 5.74) is 2.66. The summed E-state index contributed by atoms with van der Waals surface area (Å²) in [6.45, 7) is 6.58. The molecule has 5 rings (SSSR count). The monoisotopic (exact) mass is 496 g/mol. The summed E-state index contributed by atoms with van der Waals surface area (Å²) in [7, 11) is 1.37. The predicted octanol–water partition coefficient (Wildman–Crippen LogP) is 3.93. The highest BCUT2D eigenvalue weighted by Gasteiger charge is 2.28. The normalized spacial score (nSPS) is 24.4. The minimum atomic E-state index is -0.516. The third kappa shape index (κ3) is 5.73. The molecule has 0 radical (unpaired) electrons. The summed E-state index contributed by atoms with van der Waals surface area (Å²) in [6.07, 6.45) is 5.08. The van der Waals surface area contributed by atoms with Crippen LogP contribution >= 0.6 is 0 Å². The molecule has 0 spiro atoms. The number of methoxy groups -OCH3 is 1. The Morgan fingerprint density at radius 1 is 1.00 bits per heavy atom. The van der Waals surface area contributed by atoms with E-state index >= 15 is 0 Å². The number of carbonyl (C=O) groups is 1. The summed E-state index contributed by atoms with van der Waals surface area (Å²) in [4.78, 5) is 24.7.